The summed E-state index contributed by atoms with van der Waals surface area (Å²) in [5.41, 5.74) is 0. The van der Waals surface area contributed by atoms with Crippen molar-refractivity contribution in [3.63, 3.8) is 0 Å². The fourth-order valence-corrected chi connectivity index (χ4v) is 2.67. The normalized spacial score (nSPS) is 40.4. The van der Waals surface area contributed by atoms with Crippen LogP contribution in [0.2, 0.25) is 0 Å². The van der Waals surface area contributed by atoms with E-state index in [2.05, 4.69) is 18.7 Å². The zero-order chi connectivity index (χ0) is 10.1. The number of likely N-dealkylation sites (tertiary alicyclic amines) is 1. The fourth-order valence-electron chi connectivity index (χ4n) is 2.67. The first-order valence-corrected chi connectivity index (χ1v) is 5.57. The van der Waals surface area contributed by atoms with E-state index in [4.69, 9.17) is 4.74 Å². The van der Waals surface area contributed by atoms with Crippen LogP contribution in [0.5, 0.6) is 0 Å². The smallest absolute Gasteiger partial charge is 0.135 e. The van der Waals surface area contributed by atoms with Crippen LogP contribution in [0.4, 0.5) is 0 Å². The number of carbonyl (C=O) groups excluding carboxylic acids is 1. The molecule has 3 atom stereocenters. The Morgan fingerprint density at radius 2 is 2.21 bits per heavy atom. The summed E-state index contributed by atoms with van der Waals surface area (Å²) in [6.07, 6.45) is 2.92. The standard InChI is InChI=1S/C11H19NO2/c1-8-7-10(13)3-5-12(8)11-4-6-14-9(11)2/h8-9,11H,3-7H2,1-2H3. The van der Waals surface area contributed by atoms with Crippen LogP contribution >= 0.6 is 0 Å². The summed E-state index contributed by atoms with van der Waals surface area (Å²) in [6, 6.07) is 0.948. The van der Waals surface area contributed by atoms with Crippen LogP contribution in [0.1, 0.15) is 33.1 Å². The van der Waals surface area contributed by atoms with Gasteiger partial charge < -0.3 is 4.74 Å². The number of nitrogens with zero attached hydrogens (tertiary/aromatic N) is 1. The number of rotatable bonds is 1. The molecule has 0 radical (unpaired) electrons. The van der Waals surface area contributed by atoms with Crippen molar-refractivity contribution in [2.24, 2.45) is 0 Å². The van der Waals surface area contributed by atoms with Crippen LogP contribution in [0.3, 0.4) is 0 Å². The molecule has 3 unspecified atom stereocenters. The molecule has 0 N–H and O–H groups in total. The van der Waals surface area contributed by atoms with E-state index in [0.717, 1.165) is 32.4 Å². The van der Waals surface area contributed by atoms with Crippen molar-refractivity contribution in [1.82, 2.24) is 4.90 Å². The maximum Gasteiger partial charge on any atom is 0.135 e. The minimum atomic E-state index is 0.339. The molecule has 0 aromatic carbocycles. The van der Waals surface area contributed by atoms with Crippen molar-refractivity contribution in [2.75, 3.05) is 13.2 Å². The van der Waals surface area contributed by atoms with E-state index >= 15 is 0 Å². The highest BCUT2D eigenvalue weighted by Gasteiger charge is 2.35. The van der Waals surface area contributed by atoms with Crippen molar-refractivity contribution in [3.05, 3.63) is 0 Å². The lowest BCUT2D eigenvalue weighted by atomic mass is 9.98. The Morgan fingerprint density at radius 1 is 1.43 bits per heavy atom. The molecule has 2 fully saturated rings. The van der Waals surface area contributed by atoms with Gasteiger partial charge in [-0.05, 0) is 20.3 Å². The third-order valence-corrected chi connectivity index (χ3v) is 3.50. The van der Waals surface area contributed by atoms with E-state index in [9.17, 15) is 4.79 Å². The molecule has 0 bridgehead atoms. The monoisotopic (exact) mass is 197 g/mol. The van der Waals surface area contributed by atoms with Gasteiger partial charge in [0, 0.05) is 38.1 Å². The minimum Gasteiger partial charge on any atom is -0.377 e. The van der Waals surface area contributed by atoms with Gasteiger partial charge in [0.05, 0.1) is 6.10 Å². The number of piperidine rings is 1. The van der Waals surface area contributed by atoms with Crippen LogP contribution in [0.25, 0.3) is 0 Å². The molecule has 2 heterocycles. The molecule has 2 aliphatic heterocycles. The molecule has 2 rings (SSSR count). The van der Waals surface area contributed by atoms with E-state index < -0.39 is 0 Å². The van der Waals surface area contributed by atoms with Crippen molar-refractivity contribution < 1.29 is 9.53 Å². The summed E-state index contributed by atoms with van der Waals surface area (Å²) in [5.74, 6) is 0.417. The van der Waals surface area contributed by atoms with Crippen LogP contribution in [0.15, 0.2) is 0 Å². The summed E-state index contributed by atoms with van der Waals surface area (Å²) >= 11 is 0. The Labute approximate surface area is 85.4 Å². The highest BCUT2D eigenvalue weighted by Crippen LogP contribution is 2.25. The number of Topliss-reactive ketones (excluding diaryl/α,β-unsaturated/α-hetero) is 1. The van der Waals surface area contributed by atoms with Crippen molar-refractivity contribution >= 4 is 5.78 Å². The van der Waals surface area contributed by atoms with E-state index in [1.807, 2.05) is 0 Å². The van der Waals surface area contributed by atoms with Crippen LogP contribution in [-0.2, 0) is 9.53 Å². The Balaban J connectivity index is 1.99. The average molecular weight is 197 g/mol. The van der Waals surface area contributed by atoms with Gasteiger partial charge >= 0.3 is 0 Å². The predicted octanol–water partition coefficient (Wildman–Crippen LogP) is 1.22. The summed E-state index contributed by atoms with van der Waals surface area (Å²) in [6.45, 7) is 6.10. The van der Waals surface area contributed by atoms with Crippen molar-refractivity contribution in [2.45, 2.75) is 51.3 Å². The number of ketones is 1. The molecule has 0 aliphatic carbocycles. The molecule has 2 aliphatic rings. The Bertz CT molecular complexity index is 229. The van der Waals surface area contributed by atoms with E-state index in [1.165, 1.54) is 0 Å². The second kappa shape index (κ2) is 3.99. The van der Waals surface area contributed by atoms with Gasteiger partial charge in [0.25, 0.3) is 0 Å². The zero-order valence-electron chi connectivity index (χ0n) is 9.03. The molecule has 3 heteroatoms. The average Bonchev–Trinajstić information content (AvgIpc) is 2.52. The third kappa shape index (κ3) is 1.84. The Morgan fingerprint density at radius 3 is 2.79 bits per heavy atom. The molecule has 2 saturated heterocycles. The van der Waals surface area contributed by atoms with Crippen molar-refractivity contribution in [1.29, 1.82) is 0 Å². The first kappa shape index (κ1) is 10.1. The first-order valence-electron chi connectivity index (χ1n) is 5.57. The lowest BCUT2D eigenvalue weighted by Gasteiger charge is -2.38. The molecule has 80 valence electrons. The van der Waals surface area contributed by atoms with Crippen LogP contribution < -0.4 is 0 Å². The molecule has 0 aromatic heterocycles. The van der Waals surface area contributed by atoms with Gasteiger partial charge in [-0.15, -0.1) is 0 Å². The number of ether oxygens (including phenoxy) is 1. The molecular weight excluding hydrogens is 178 g/mol. The van der Waals surface area contributed by atoms with Gasteiger partial charge in [-0.25, -0.2) is 0 Å². The quantitative estimate of drug-likeness (QED) is 0.633. The fraction of sp³-hybridized carbons (Fsp3) is 0.909. The highest BCUT2D eigenvalue weighted by molar-refractivity contribution is 5.79. The maximum atomic E-state index is 11.3. The second-order valence-electron chi connectivity index (χ2n) is 4.51. The Hall–Kier alpha value is -0.410. The number of hydrogen-bond donors (Lipinski definition) is 0. The molecule has 0 amide bonds. The highest BCUT2D eigenvalue weighted by atomic mass is 16.5. The topological polar surface area (TPSA) is 29.5 Å². The Kier molecular flexibility index (Phi) is 2.88. The van der Waals surface area contributed by atoms with Gasteiger partial charge in [0.2, 0.25) is 0 Å². The maximum absolute atomic E-state index is 11.3. The largest absolute Gasteiger partial charge is 0.377 e. The van der Waals surface area contributed by atoms with Crippen LogP contribution in [0, 0.1) is 0 Å². The molecule has 0 saturated carbocycles. The lowest BCUT2D eigenvalue weighted by Crippen LogP contribution is -2.49. The van der Waals surface area contributed by atoms with E-state index in [-0.39, 0.29) is 0 Å². The zero-order valence-corrected chi connectivity index (χ0v) is 9.03. The van der Waals surface area contributed by atoms with Gasteiger partial charge in [-0.1, -0.05) is 0 Å². The van der Waals surface area contributed by atoms with Gasteiger partial charge in [-0.2, -0.15) is 0 Å². The number of hydrogen-bond acceptors (Lipinski definition) is 3. The second-order valence-corrected chi connectivity index (χ2v) is 4.51. The predicted molar refractivity (Wildman–Crippen MR) is 54.2 cm³/mol. The summed E-state index contributed by atoms with van der Waals surface area (Å²) in [4.78, 5) is 13.7. The third-order valence-electron chi connectivity index (χ3n) is 3.50. The SMILES string of the molecule is CC1OCCC1N1CCC(=O)CC1C. The minimum absolute atomic E-state index is 0.339. The molecule has 0 aromatic rings. The van der Waals surface area contributed by atoms with E-state index in [0.29, 0.717) is 24.0 Å². The van der Waals surface area contributed by atoms with Gasteiger partial charge in [0.1, 0.15) is 5.78 Å². The summed E-state index contributed by atoms with van der Waals surface area (Å²) in [7, 11) is 0. The number of carbonyl (C=O) groups is 1. The van der Waals surface area contributed by atoms with Crippen molar-refractivity contribution in [3.8, 4) is 0 Å². The lowest BCUT2D eigenvalue weighted by molar-refractivity contribution is -0.124. The van der Waals surface area contributed by atoms with E-state index in [1.54, 1.807) is 0 Å². The molecule has 14 heavy (non-hydrogen) atoms. The van der Waals surface area contributed by atoms with Gasteiger partial charge in [0.15, 0.2) is 0 Å². The summed E-state index contributed by atoms with van der Waals surface area (Å²) < 4.78 is 5.57. The summed E-state index contributed by atoms with van der Waals surface area (Å²) in [5, 5.41) is 0. The molecule has 0 spiro atoms. The first-order chi connectivity index (χ1) is 6.68. The van der Waals surface area contributed by atoms with Crippen LogP contribution in [-0.4, -0.2) is 42.0 Å². The molecule has 3 nitrogen and oxygen atoms in total. The van der Waals surface area contributed by atoms with Gasteiger partial charge in [-0.3, -0.25) is 9.69 Å². The molecular formula is C11H19NO2.